The van der Waals surface area contributed by atoms with Gasteiger partial charge in [-0.1, -0.05) is 6.07 Å². The van der Waals surface area contributed by atoms with Gasteiger partial charge in [0.25, 0.3) is 6.43 Å². The Morgan fingerprint density at radius 1 is 1.24 bits per heavy atom. The van der Waals surface area contributed by atoms with Gasteiger partial charge in [0.2, 0.25) is 0 Å². The highest BCUT2D eigenvalue weighted by Gasteiger charge is 2.18. The molecule has 0 radical (unpaired) electrons. The SMILES string of the molecule is COc1ccc(C(C)NC(C)C(F)F)cc1F. The van der Waals surface area contributed by atoms with Crippen molar-refractivity contribution in [1.29, 1.82) is 0 Å². The summed E-state index contributed by atoms with van der Waals surface area (Å²) in [6.07, 6.45) is -2.44. The third-order valence-corrected chi connectivity index (χ3v) is 2.57. The van der Waals surface area contributed by atoms with Crippen molar-refractivity contribution in [3.05, 3.63) is 29.6 Å². The molecule has 0 saturated carbocycles. The second kappa shape index (κ2) is 5.91. The minimum atomic E-state index is -2.44. The van der Waals surface area contributed by atoms with Crippen molar-refractivity contribution in [2.45, 2.75) is 32.4 Å². The molecule has 2 nitrogen and oxygen atoms in total. The minimum absolute atomic E-state index is 0.142. The topological polar surface area (TPSA) is 21.3 Å². The van der Waals surface area contributed by atoms with Crippen molar-refractivity contribution >= 4 is 0 Å². The van der Waals surface area contributed by atoms with Crippen LogP contribution in [0.15, 0.2) is 18.2 Å². The molecule has 0 aliphatic carbocycles. The number of rotatable bonds is 5. The lowest BCUT2D eigenvalue weighted by atomic mass is 10.1. The van der Waals surface area contributed by atoms with Gasteiger partial charge in [-0.3, -0.25) is 0 Å². The number of benzene rings is 1. The van der Waals surface area contributed by atoms with E-state index in [2.05, 4.69) is 5.32 Å². The van der Waals surface area contributed by atoms with E-state index in [0.717, 1.165) is 0 Å². The first-order chi connectivity index (χ1) is 7.95. The molecule has 2 unspecified atom stereocenters. The Labute approximate surface area is 98.8 Å². The van der Waals surface area contributed by atoms with Gasteiger partial charge in [-0.25, -0.2) is 13.2 Å². The van der Waals surface area contributed by atoms with Crippen LogP contribution in [-0.2, 0) is 0 Å². The van der Waals surface area contributed by atoms with Gasteiger partial charge in [-0.2, -0.15) is 0 Å². The summed E-state index contributed by atoms with van der Waals surface area (Å²) < 4.78 is 42.9. The van der Waals surface area contributed by atoms with Crippen LogP contribution in [-0.4, -0.2) is 19.6 Å². The maximum Gasteiger partial charge on any atom is 0.253 e. The average molecular weight is 247 g/mol. The molecule has 0 bridgehead atoms. The van der Waals surface area contributed by atoms with Gasteiger partial charge in [-0.05, 0) is 31.5 Å². The lowest BCUT2D eigenvalue weighted by molar-refractivity contribution is 0.101. The number of hydrogen-bond donors (Lipinski definition) is 1. The second-order valence-electron chi connectivity index (χ2n) is 3.91. The fourth-order valence-corrected chi connectivity index (χ4v) is 1.52. The molecule has 0 aromatic heterocycles. The molecule has 96 valence electrons. The third kappa shape index (κ3) is 3.63. The van der Waals surface area contributed by atoms with Crippen LogP contribution in [0.2, 0.25) is 0 Å². The smallest absolute Gasteiger partial charge is 0.253 e. The van der Waals surface area contributed by atoms with E-state index in [1.807, 2.05) is 0 Å². The van der Waals surface area contributed by atoms with Crippen molar-refractivity contribution in [2.24, 2.45) is 0 Å². The van der Waals surface area contributed by atoms with E-state index in [1.54, 1.807) is 13.0 Å². The predicted molar refractivity (Wildman–Crippen MR) is 60.0 cm³/mol. The lowest BCUT2D eigenvalue weighted by Crippen LogP contribution is -2.34. The van der Waals surface area contributed by atoms with E-state index in [9.17, 15) is 13.2 Å². The van der Waals surface area contributed by atoms with Gasteiger partial charge in [0, 0.05) is 6.04 Å². The summed E-state index contributed by atoms with van der Waals surface area (Å²) >= 11 is 0. The van der Waals surface area contributed by atoms with E-state index < -0.39 is 18.3 Å². The molecular formula is C12H16F3NO. The quantitative estimate of drug-likeness (QED) is 0.863. The number of nitrogens with one attached hydrogen (secondary N) is 1. The molecule has 1 aromatic rings. The minimum Gasteiger partial charge on any atom is -0.494 e. The molecule has 17 heavy (non-hydrogen) atoms. The van der Waals surface area contributed by atoms with E-state index in [-0.39, 0.29) is 11.8 Å². The Hall–Kier alpha value is -1.23. The molecule has 1 rings (SSSR count). The van der Waals surface area contributed by atoms with Crippen molar-refractivity contribution in [2.75, 3.05) is 7.11 Å². The molecule has 0 saturated heterocycles. The van der Waals surface area contributed by atoms with Crippen LogP contribution >= 0.6 is 0 Å². The summed E-state index contributed by atoms with van der Waals surface area (Å²) in [7, 11) is 1.37. The molecule has 0 aliphatic heterocycles. The maximum absolute atomic E-state index is 13.4. The number of hydrogen-bond acceptors (Lipinski definition) is 2. The predicted octanol–water partition coefficient (Wildman–Crippen LogP) is 3.14. The summed E-state index contributed by atoms with van der Waals surface area (Å²) in [4.78, 5) is 0. The highest BCUT2D eigenvalue weighted by atomic mass is 19.3. The summed E-state index contributed by atoms with van der Waals surface area (Å²) in [5, 5.41) is 2.70. The summed E-state index contributed by atoms with van der Waals surface area (Å²) in [6, 6.07) is 3.14. The van der Waals surface area contributed by atoms with Crippen LogP contribution in [0, 0.1) is 5.82 Å². The number of alkyl halides is 2. The van der Waals surface area contributed by atoms with Crippen LogP contribution in [0.4, 0.5) is 13.2 Å². The fourth-order valence-electron chi connectivity index (χ4n) is 1.52. The van der Waals surface area contributed by atoms with Gasteiger partial charge in [-0.15, -0.1) is 0 Å². The van der Waals surface area contributed by atoms with Crippen LogP contribution in [0.5, 0.6) is 5.75 Å². The molecule has 5 heteroatoms. The van der Waals surface area contributed by atoms with E-state index in [1.165, 1.54) is 26.2 Å². The number of halogens is 3. The van der Waals surface area contributed by atoms with Gasteiger partial charge < -0.3 is 10.1 Å². The molecular weight excluding hydrogens is 231 g/mol. The van der Waals surface area contributed by atoms with E-state index in [4.69, 9.17) is 4.74 Å². The molecule has 1 aromatic carbocycles. The lowest BCUT2D eigenvalue weighted by Gasteiger charge is -2.20. The number of methoxy groups -OCH3 is 1. The first-order valence-corrected chi connectivity index (χ1v) is 5.33. The standard InChI is InChI=1S/C12H16F3NO/c1-7(16-8(2)12(14)15)9-4-5-11(17-3)10(13)6-9/h4-8,12,16H,1-3H3. The molecule has 1 N–H and O–H groups in total. The average Bonchev–Trinajstić information content (AvgIpc) is 2.28. The monoisotopic (exact) mass is 247 g/mol. The van der Waals surface area contributed by atoms with Gasteiger partial charge >= 0.3 is 0 Å². The fraction of sp³-hybridized carbons (Fsp3) is 0.500. The molecule has 0 aliphatic rings. The van der Waals surface area contributed by atoms with Crippen molar-refractivity contribution < 1.29 is 17.9 Å². The van der Waals surface area contributed by atoms with Crippen molar-refractivity contribution in [3.8, 4) is 5.75 Å². The summed E-state index contributed by atoms with van der Waals surface area (Å²) in [5.74, 6) is -0.355. The van der Waals surface area contributed by atoms with Gasteiger partial charge in [0.1, 0.15) is 0 Å². The zero-order valence-electron chi connectivity index (χ0n) is 10.0. The van der Waals surface area contributed by atoms with Crippen LogP contribution in [0.1, 0.15) is 25.5 Å². The van der Waals surface area contributed by atoms with Crippen molar-refractivity contribution in [3.63, 3.8) is 0 Å². The van der Waals surface area contributed by atoms with Crippen LogP contribution in [0.25, 0.3) is 0 Å². The van der Waals surface area contributed by atoms with Gasteiger partial charge in [0.15, 0.2) is 11.6 Å². The molecule has 0 heterocycles. The molecule has 2 atom stereocenters. The largest absolute Gasteiger partial charge is 0.494 e. The molecule has 0 spiro atoms. The zero-order valence-corrected chi connectivity index (χ0v) is 10.0. The summed E-state index contributed by atoms with van der Waals surface area (Å²) in [6.45, 7) is 3.10. The molecule has 0 amide bonds. The zero-order chi connectivity index (χ0) is 13.0. The number of ether oxygens (including phenoxy) is 1. The Kier molecular flexibility index (Phi) is 4.81. The Bertz CT molecular complexity index is 371. The highest BCUT2D eigenvalue weighted by Crippen LogP contribution is 2.22. The van der Waals surface area contributed by atoms with Crippen LogP contribution < -0.4 is 10.1 Å². The molecule has 0 fully saturated rings. The summed E-state index contributed by atoms with van der Waals surface area (Å²) in [5.41, 5.74) is 0.607. The maximum atomic E-state index is 13.4. The Balaban J connectivity index is 2.76. The Morgan fingerprint density at radius 3 is 2.35 bits per heavy atom. The Morgan fingerprint density at radius 2 is 1.88 bits per heavy atom. The van der Waals surface area contributed by atoms with E-state index >= 15 is 0 Å². The normalized spacial score (nSPS) is 14.8. The first kappa shape index (κ1) is 13.8. The van der Waals surface area contributed by atoms with Crippen molar-refractivity contribution in [1.82, 2.24) is 5.32 Å². The third-order valence-electron chi connectivity index (χ3n) is 2.57. The van der Waals surface area contributed by atoms with E-state index in [0.29, 0.717) is 5.56 Å². The highest BCUT2D eigenvalue weighted by molar-refractivity contribution is 5.30. The first-order valence-electron chi connectivity index (χ1n) is 5.33. The van der Waals surface area contributed by atoms with Gasteiger partial charge in [0.05, 0.1) is 13.2 Å². The van der Waals surface area contributed by atoms with Crippen LogP contribution in [0.3, 0.4) is 0 Å². The second-order valence-corrected chi connectivity index (χ2v) is 3.91.